The largest absolute Gasteiger partial charge is 0.262 e. The van der Waals surface area contributed by atoms with Gasteiger partial charge >= 0.3 is 0 Å². The lowest BCUT2D eigenvalue weighted by Gasteiger charge is -2.61. The lowest BCUT2D eigenvalue weighted by Crippen LogP contribution is -2.70. The summed E-state index contributed by atoms with van der Waals surface area (Å²) in [7, 11) is 0. The summed E-state index contributed by atoms with van der Waals surface area (Å²) >= 11 is 0. The van der Waals surface area contributed by atoms with E-state index in [2.05, 4.69) is 41.3 Å². The molecule has 2 saturated carbocycles. The number of piperidine rings is 1. The lowest BCUT2D eigenvalue weighted by atomic mass is 9.57. The summed E-state index contributed by atoms with van der Waals surface area (Å²) in [6, 6.07) is 16.0. The maximum absolute atomic E-state index is 10.3. The second kappa shape index (κ2) is 6.47. The van der Waals surface area contributed by atoms with Gasteiger partial charge in [0.05, 0.1) is 12.1 Å². The van der Waals surface area contributed by atoms with E-state index in [1.807, 2.05) is 6.07 Å². The summed E-state index contributed by atoms with van der Waals surface area (Å²) in [6.07, 6.45) is 9.93. The van der Waals surface area contributed by atoms with Gasteiger partial charge in [-0.2, -0.15) is 10.5 Å². The van der Waals surface area contributed by atoms with Crippen LogP contribution >= 0.6 is 0 Å². The quantitative estimate of drug-likeness (QED) is 0.781. The van der Waals surface area contributed by atoms with Crippen molar-refractivity contribution in [3.63, 3.8) is 0 Å². The van der Waals surface area contributed by atoms with Gasteiger partial charge in [-0.15, -0.1) is 0 Å². The number of hydrogen-bond donors (Lipinski definition) is 0. The molecule has 1 heterocycles. The number of benzene rings is 1. The third-order valence-corrected chi connectivity index (χ3v) is 7.17. The Morgan fingerprint density at radius 3 is 1.96 bits per heavy atom. The van der Waals surface area contributed by atoms with Gasteiger partial charge < -0.3 is 0 Å². The first-order valence-electron chi connectivity index (χ1n) is 9.89. The van der Waals surface area contributed by atoms with Crippen LogP contribution < -0.4 is 0 Å². The monoisotopic (exact) mass is 333 g/mol. The normalized spacial score (nSPS) is 38.0. The molecule has 1 aromatic rings. The van der Waals surface area contributed by atoms with Gasteiger partial charge in [-0.1, -0.05) is 56.0 Å². The highest BCUT2D eigenvalue weighted by atomic mass is 15.3. The first-order valence-corrected chi connectivity index (χ1v) is 9.89. The molecular weight excluding hydrogens is 306 g/mol. The van der Waals surface area contributed by atoms with Crippen LogP contribution in [0.15, 0.2) is 30.3 Å². The standard InChI is InChI=1S/C22H27N3/c23-16-21-12-6-4-10-19(21)14-20-11-5-7-13-22(20,17-24)25(21)15-18-8-2-1-3-9-18/h1-3,8-9,19-20H,4-7,10-15H2/t19-,20-,21-,22-/m1/s1. The van der Waals surface area contributed by atoms with Crippen LogP contribution in [0.5, 0.6) is 0 Å². The van der Waals surface area contributed by atoms with Crippen molar-refractivity contribution < 1.29 is 0 Å². The zero-order chi connectivity index (χ0) is 17.3. The minimum Gasteiger partial charge on any atom is -0.262 e. The summed E-state index contributed by atoms with van der Waals surface area (Å²) in [5, 5.41) is 20.6. The van der Waals surface area contributed by atoms with E-state index >= 15 is 0 Å². The highest BCUT2D eigenvalue weighted by Crippen LogP contribution is 2.56. The van der Waals surface area contributed by atoms with Crippen molar-refractivity contribution in [3.05, 3.63) is 35.9 Å². The van der Waals surface area contributed by atoms with Crippen molar-refractivity contribution in [1.82, 2.24) is 4.90 Å². The van der Waals surface area contributed by atoms with E-state index < -0.39 is 11.1 Å². The van der Waals surface area contributed by atoms with Crippen LogP contribution in [-0.4, -0.2) is 16.0 Å². The fourth-order valence-corrected chi connectivity index (χ4v) is 5.96. The van der Waals surface area contributed by atoms with Crippen LogP contribution in [0.1, 0.15) is 63.4 Å². The van der Waals surface area contributed by atoms with Crippen molar-refractivity contribution in [2.45, 2.75) is 75.4 Å². The van der Waals surface area contributed by atoms with Gasteiger partial charge in [0, 0.05) is 6.54 Å². The molecule has 3 heteroatoms. The molecule has 1 aliphatic heterocycles. The van der Waals surface area contributed by atoms with Crippen LogP contribution in [-0.2, 0) is 6.54 Å². The zero-order valence-corrected chi connectivity index (χ0v) is 15.0. The smallest absolute Gasteiger partial charge is 0.113 e. The molecule has 0 aromatic heterocycles. The molecule has 3 aliphatic rings. The van der Waals surface area contributed by atoms with Crippen LogP contribution in [0.2, 0.25) is 0 Å². The summed E-state index contributed by atoms with van der Waals surface area (Å²) in [5.41, 5.74) is 0.331. The highest BCUT2D eigenvalue weighted by molar-refractivity contribution is 5.29. The van der Waals surface area contributed by atoms with Crippen LogP contribution in [0, 0.1) is 34.5 Å². The maximum atomic E-state index is 10.3. The van der Waals surface area contributed by atoms with E-state index in [-0.39, 0.29) is 0 Å². The fourth-order valence-electron chi connectivity index (χ4n) is 5.96. The summed E-state index contributed by atoms with van der Waals surface area (Å²) in [6.45, 7) is 0.731. The van der Waals surface area contributed by atoms with E-state index in [1.165, 1.54) is 18.4 Å². The molecule has 0 unspecified atom stereocenters. The van der Waals surface area contributed by atoms with Gasteiger partial charge in [0.25, 0.3) is 0 Å². The molecule has 2 aliphatic carbocycles. The Morgan fingerprint density at radius 1 is 0.880 bits per heavy atom. The average Bonchev–Trinajstić information content (AvgIpc) is 2.68. The van der Waals surface area contributed by atoms with Crippen molar-refractivity contribution >= 4 is 0 Å². The Balaban J connectivity index is 1.81. The maximum Gasteiger partial charge on any atom is 0.113 e. The summed E-state index contributed by atoms with van der Waals surface area (Å²) in [5.74, 6) is 0.860. The van der Waals surface area contributed by atoms with Crippen LogP contribution in [0.4, 0.5) is 0 Å². The van der Waals surface area contributed by atoms with E-state index in [9.17, 15) is 10.5 Å². The van der Waals surface area contributed by atoms with E-state index in [0.717, 1.165) is 51.5 Å². The Labute approximate surface area is 151 Å². The molecule has 25 heavy (non-hydrogen) atoms. The molecule has 4 rings (SSSR count). The first-order chi connectivity index (χ1) is 12.2. The van der Waals surface area contributed by atoms with Gasteiger partial charge in [0.15, 0.2) is 0 Å². The molecule has 3 nitrogen and oxygen atoms in total. The Morgan fingerprint density at radius 2 is 1.44 bits per heavy atom. The fraction of sp³-hybridized carbons (Fsp3) is 0.636. The van der Waals surface area contributed by atoms with E-state index in [0.29, 0.717) is 11.8 Å². The van der Waals surface area contributed by atoms with Gasteiger partial charge in [-0.25, -0.2) is 0 Å². The van der Waals surface area contributed by atoms with Crippen molar-refractivity contribution in [1.29, 1.82) is 10.5 Å². The Hall–Kier alpha value is -1.84. The molecule has 0 amide bonds. The highest BCUT2D eigenvalue weighted by Gasteiger charge is 2.61. The SMILES string of the molecule is N#C[C@]12CCCC[C@@H]1C[C@H]1CCCC[C@]1(C#N)N2Cc1ccccc1. The molecule has 0 spiro atoms. The minimum absolute atomic E-state index is 0.430. The van der Waals surface area contributed by atoms with Gasteiger partial charge in [-0.05, 0) is 49.5 Å². The minimum atomic E-state index is -0.447. The molecule has 0 bridgehead atoms. The number of likely N-dealkylation sites (tertiary alicyclic amines) is 1. The third-order valence-electron chi connectivity index (χ3n) is 7.17. The lowest BCUT2D eigenvalue weighted by molar-refractivity contribution is -0.116. The molecule has 0 radical (unpaired) electrons. The first kappa shape index (κ1) is 16.6. The van der Waals surface area contributed by atoms with Crippen LogP contribution in [0.3, 0.4) is 0 Å². The molecule has 0 N–H and O–H groups in total. The Bertz CT molecular complexity index is 660. The number of rotatable bonds is 2. The zero-order valence-electron chi connectivity index (χ0n) is 15.0. The van der Waals surface area contributed by atoms with Gasteiger partial charge in [0.1, 0.15) is 11.1 Å². The molecule has 1 aromatic carbocycles. The Kier molecular flexibility index (Phi) is 4.30. The molecule has 1 saturated heterocycles. The van der Waals surface area contributed by atoms with E-state index in [1.54, 1.807) is 0 Å². The van der Waals surface area contributed by atoms with Crippen molar-refractivity contribution in [2.24, 2.45) is 11.8 Å². The second-order valence-corrected chi connectivity index (χ2v) is 8.26. The number of fused-ring (bicyclic) bond motifs is 2. The molecule has 3 fully saturated rings. The number of nitrogens with zero attached hydrogens (tertiary/aromatic N) is 3. The number of nitriles is 2. The van der Waals surface area contributed by atoms with Gasteiger partial charge in [0.2, 0.25) is 0 Å². The third kappa shape index (κ3) is 2.49. The predicted molar refractivity (Wildman–Crippen MR) is 97.2 cm³/mol. The van der Waals surface area contributed by atoms with Gasteiger partial charge in [-0.3, -0.25) is 4.90 Å². The second-order valence-electron chi connectivity index (χ2n) is 8.26. The average molecular weight is 333 g/mol. The summed E-state index contributed by atoms with van der Waals surface area (Å²) < 4.78 is 0. The van der Waals surface area contributed by atoms with Crippen molar-refractivity contribution in [3.8, 4) is 12.1 Å². The molecule has 130 valence electrons. The predicted octanol–water partition coefficient (Wildman–Crippen LogP) is 4.80. The van der Waals surface area contributed by atoms with Crippen molar-refractivity contribution in [2.75, 3.05) is 0 Å². The topological polar surface area (TPSA) is 50.8 Å². The van der Waals surface area contributed by atoms with E-state index in [4.69, 9.17) is 0 Å². The molecular formula is C22H27N3. The number of hydrogen-bond acceptors (Lipinski definition) is 3. The van der Waals surface area contributed by atoms with Crippen LogP contribution in [0.25, 0.3) is 0 Å². The molecule has 4 atom stereocenters. The summed E-state index contributed by atoms with van der Waals surface area (Å²) in [4.78, 5) is 2.38.